The van der Waals surface area contributed by atoms with E-state index in [0.717, 1.165) is 45.3 Å². The van der Waals surface area contributed by atoms with E-state index in [0.29, 0.717) is 44.9 Å². The highest BCUT2D eigenvalue weighted by molar-refractivity contribution is 9.10. The molecular formula is C28H31Br2ClN4O3S. The second-order valence-electron chi connectivity index (χ2n) is 11.0. The molecule has 3 heterocycles. The fourth-order valence-electron chi connectivity index (χ4n) is 6.47. The van der Waals surface area contributed by atoms with Gasteiger partial charge in [0.05, 0.1) is 11.9 Å². The van der Waals surface area contributed by atoms with Crippen LogP contribution in [-0.4, -0.2) is 66.5 Å². The smallest absolute Gasteiger partial charge is 0.243 e. The van der Waals surface area contributed by atoms with Crippen LogP contribution in [0.25, 0.3) is 4.85 Å². The molecule has 1 aromatic heterocycles. The van der Waals surface area contributed by atoms with Crippen molar-refractivity contribution in [2.75, 3.05) is 32.4 Å². The molecule has 7 nitrogen and oxygen atoms in total. The second-order valence-corrected chi connectivity index (χ2v) is 15.2. The predicted octanol–water partition coefficient (Wildman–Crippen LogP) is 5.83. The number of hydrogen-bond acceptors (Lipinski definition) is 4. The topological polar surface area (TPSA) is 74.9 Å². The number of pyridine rings is 1. The summed E-state index contributed by atoms with van der Waals surface area (Å²) in [4.78, 5) is 24.1. The molecule has 3 aliphatic rings. The molecule has 0 unspecified atom stereocenters. The minimum Gasteiger partial charge on any atom is -0.342 e. The predicted molar refractivity (Wildman–Crippen MR) is 159 cm³/mol. The van der Waals surface area contributed by atoms with Crippen molar-refractivity contribution < 1.29 is 13.2 Å². The van der Waals surface area contributed by atoms with Crippen molar-refractivity contribution in [1.82, 2.24) is 14.2 Å². The lowest BCUT2D eigenvalue weighted by molar-refractivity contribution is -0.133. The van der Waals surface area contributed by atoms with Crippen molar-refractivity contribution in [2.24, 2.45) is 5.92 Å². The molecule has 1 aliphatic carbocycles. The minimum absolute atomic E-state index is 0.00561. The highest BCUT2D eigenvalue weighted by Crippen LogP contribution is 2.46. The molecular weight excluding hydrogens is 668 g/mol. The van der Waals surface area contributed by atoms with Crippen LogP contribution in [0.3, 0.4) is 0 Å². The van der Waals surface area contributed by atoms with E-state index in [1.54, 1.807) is 0 Å². The Balaban J connectivity index is 1.33. The number of fused-ring (bicyclic) bond motifs is 2. The third-order valence-corrected chi connectivity index (χ3v) is 11.2. The van der Waals surface area contributed by atoms with E-state index < -0.39 is 15.6 Å². The normalized spacial score (nSPS) is 21.9. The summed E-state index contributed by atoms with van der Waals surface area (Å²) in [7, 11) is -3.29. The Bertz CT molecular complexity index is 1430. The summed E-state index contributed by atoms with van der Waals surface area (Å²) in [6.45, 7) is 9.66. The van der Waals surface area contributed by atoms with Crippen molar-refractivity contribution in [3.63, 3.8) is 0 Å². The first-order valence-corrected chi connectivity index (χ1v) is 17.0. The van der Waals surface area contributed by atoms with Gasteiger partial charge in [-0.15, -0.1) is 0 Å². The molecule has 0 spiro atoms. The summed E-state index contributed by atoms with van der Waals surface area (Å²) < 4.78 is 27.2. The number of piperidine rings is 2. The van der Waals surface area contributed by atoms with E-state index in [1.165, 1.54) is 27.3 Å². The minimum atomic E-state index is -3.29. The van der Waals surface area contributed by atoms with E-state index in [1.807, 2.05) is 17.2 Å². The van der Waals surface area contributed by atoms with Crippen molar-refractivity contribution >= 4 is 59.4 Å². The van der Waals surface area contributed by atoms with Crippen LogP contribution in [0.1, 0.15) is 60.4 Å². The lowest BCUT2D eigenvalue weighted by atomic mass is 9.76. The summed E-state index contributed by atoms with van der Waals surface area (Å²) in [5.74, 6) is 0.405. The van der Waals surface area contributed by atoms with Crippen LogP contribution in [0.15, 0.2) is 33.3 Å². The first kappa shape index (κ1) is 29.0. The largest absolute Gasteiger partial charge is 0.342 e. The second kappa shape index (κ2) is 11.4. The van der Waals surface area contributed by atoms with E-state index in [9.17, 15) is 13.2 Å². The Morgan fingerprint density at radius 2 is 1.79 bits per heavy atom. The monoisotopic (exact) mass is 696 g/mol. The van der Waals surface area contributed by atoms with E-state index in [4.69, 9.17) is 23.2 Å². The van der Waals surface area contributed by atoms with Gasteiger partial charge in [0, 0.05) is 65.1 Å². The molecule has 5 rings (SSSR count). The van der Waals surface area contributed by atoms with Gasteiger partial charge in [0.1, 0.15) is 6.42 Å². The van der Waals surface area contributed by atoms with Crippen molar-refractivity contribution in [3.8, 4) is 0 Å². The molecule has 2 saturated heterocycles. The number of carbonyl (C=O) groups is 1. The zero-order valence-electron chi connectivity index (χ0n) is 21.8. The van der Waals surface area contributed by atoms with Crippen LogP contribution < -0.4 is 0 Å². The molecule has 0 bridgehead atoms. The van der Waals surface area contributed by atoms with Gasteiger partial charge in [-0.3, -0.25) is 9.78 Å². The number of halogens is 3. The highest BCUT2D eigenvalue weighted by Gasteiger charge is 2.45. The van der Waals surface area contributed by atoms with Crippen molar-refractivity contribution in [1.29, 1.82) is 0 Å². The van der Waals surface area contributed by atoms with Gasteiger partial charge in [0.25, 0.3) is 0 Å². The molecule has 1 atom stereocenters. The van der Waals surface area contributed by atoms with Crippen LogP contribution in [0.4, 0.5) is 0 Å². The number of hydrogen-bond donors (Lipinski definition) is 0. The van der Waals surface area contributed by atoms with E-state index in [2.05, 4.69) is 48.8 Å². The Hall–Kier alpha value is -1.51. The maximum absolute atomic E-state index is 13.4. The van der Waals surface area contributed by atoms with Gasteiger partial charge in [-0.1, -0.05) is 27.5 Å². The molecule has 208 valence electrons. The average Bonchev–Trinajstić information content (AvgIpc) is 3.05. The fraction of sp³-hybridized carbons (Fsp3) is 0.536. The Labute approximate surface area is 252 Å². The van der Waals surface area contributed by atoms with E-state index in [-0.39, 0.29) is 18.2 Å². The number of amides is 1. The summed E-state index contributed by atoms with van der Waals surface area (Å²) in [6, 6.07) is 6.22. The Kier molecular flexibility index (Phi) is 8.48. The maximum atomic E-state index is 13.4. The van der Waals surface area contributed by atoms with Gasteiger partial charge in [-0.2, -0.15) is 0 Å². The Morgan fingerprint density at radius 3 is 2.44 bits per heavy atom. The summed E-state index contributed by atoms with van der Waals surface area (Å²) in [5, 5.41) is 0.719. The van der Waals surface area contributed by atoms with Crippen LogP contribution in [-0.2, 0) is 27.7 Å². The summed E-state index contributed by atoms with van der Waals surface area (Å²) >= 11 is 13.8. The lowest BCUT2D eigenvalue weighted by Gasteiger charge is -2.38. The molecule has 2 aromatic rings. The van der Waals surface area contributed by atoms with E-state index >= 15 is 0 Å². The van der Waals surface area contributed by atoms with Crippen LogP contribution >= 0.6 is 43.5 Å². The van der Waals surface area contributed by atoms with Crippen molar-refractivity contribution in [2.45, 2.75) is 56.4 Å². The van der Waals surface area contributed by atoms with Gasteiger partial charge in [-0.25, -0.2) is 19.3 Å². The summed E-state index contributed by atoms with van der Waals surface area (Å²) in [6.07, 6.45) is 7.46. The molecule has 0 saturated carbocycles. The van der Waals surface area contributed by atoms with Crippen LogP contribution in [0.2, 0.25) is 5.02 Å². The van der Waals surface area contributed by atoms with Crippen LogP contribution in [0, 0.1) is 12.5 Å². The molecule has 2 fully saturated rings. The first-order valence-electron chi connectivity index (χ1n) is 13.2. The van der Waals surface area contributed by atoms with Crippen LogP contribution in [0.5, 0.6) is 0 Å². The number of rotatable bonds is 4. The maximum Gasteiger partial charge on any atom is 0.243 e. The third kappa shape index (κ3) is 6.08. The molecule has 1 amide bonds. The Morgan fingerprint density at radius 1 is 1.13 bits per heavy atom. The molecule has 39 heavy (non-hydrogen) atoms. The number of sulfonamides is 1. The fourth-order valence-corrected chi connectivity index (χ4v) is 8.81. The first-order chi connectivity index (χ1) is 18.5. The summed E-state index contributed by atoms with van der Waals surface area (Å²) in [5.41, 5.74) is 4.02. The molecule has 0 radical (unpaired) electrons. The SMILES string of the molecule is [C-]#[N+]C1(CC(=O)N2CCC([C@H]3c4ncc(Br)cc4CCc4cc(Cl)cc(Br)c43)CC2)CCN(S(C)(=O)=O)CC1. The standard InChI is InChI=1S/C28H31Br2ClN4O3S/c1-32-28(7-11-35(12-8-28)39(2,37)38)16-24(36)34-9-5-18(6-10-34)26-25-19(14-22(31)15-23(25)30)3-4-20-13-21(29)17-33-27(20)26/h13-15,17-18,26H,3-12,16H2,2H3/t26-/m1/s1. The average molecular weight is 699 g/mol. The number of benzene rings is 1. The third-order valence-electron chi connectivity index (χ3n) is 8.62. The van der Waals surface area contributed by atoms with Gasteiger partial charge in [-0.05, 0) is 82.4 Å². The number of aromatic nitrogens is 1. The molecule has 1 aromatic carbocycles. The van der Waals surface area contributed by atoms with Gasteiger partial charge < -0.3 is 9.74 Å². The molecule has 2 aliphatic heterocycles. The molecule has 0 N–H and O–H groups in total. The van der Waals surface area contributed by atoms with Gasteiger partial charge in [0.2, 0.25) is 21.5 Å². The van der Waals surface area contributed by atoms with Gasteiger partial charge >= 0.3 is 0 Å². The lowest BCUT2D eigenvalue weighted by Crippen LogP contribution is -2.48. The highest BCUT2D eigenvalue weighted by atomic mass is 79.9. The number of carbonyl (C=O) groups excluding carboxylic acids is 1. The quantitative estimate of drug-likeness (QED) is 0.377. The van der Waals surface area contributed by atoms with Crippen molar-refractivity contribution in [3.05, 3.63) is 72.2 Å². The zero-order valence-corrected chi connectivity index (χ0v) is 26.5. The number of aryl methyl sites for hydroxylation is 2. The van der Waals surface area contributed by atoms with Gasteiger partial charge in [0.15, 0.2) is 0 Å². The molecule has 11 heteroatoms. The number of likely N-dealkylation sites (tertiary alicyclic amines) is 1. The number of nitrogens with zero attached hydrogens (tertiary/aromatic N) is 4. The zero-order chi connectivity index (χ0) is 27.9.